The monoisotopic (exact) mass is 292 g/mol. The van der Waals surface area contributed by atoms with Gasteiger partial charge in [0.25, 0.3) is 0 Å². The van der Waals surface area contributed by atoms with Crippen molar-refractivity contribution in [3.63, 3.8) is 0 Å². The number of aromatic nitrogens is 1. The Bertz CT molecular complexity index is 529. The first kappa shape index (κ1) is 12.1. The summed E-state index contributed by atoms with van der Waals surface area (Å²) in [5.41, 5.74) is 7.54. The third-order valence-corrected chi connectivity index (χ3v) is 2.97. The Kier molecular flexibility index (Phi) is 3.76. The molecule has 3 nitrogen and oxygen atoms in total. The minimum atomic E-state index is 0.361. The lowest BCUT2D eigenvalue weighted by molar-refractivity contribution is 0.469. The fourth-order valence-corrected chi connectivity index (χ4v) is 2.05. The van der Waals surface area contributed by atoms with E-state index in [1.165, 1.54) is 5.56 Å². The number of hydrogen-bond donors (Lipinski definition) is 1. The van der Waals surface area contributed by atoms with E-state index in [1.807, 2.05) is 37.3 Å². The van der Waals surface area contributed by atoms with Gasteiger partial charge in [-0.15, -0.1) is 0 Å². The zero-order chi connectivity index (χ0) is 12.3. The minimum Gasteiger partial charge on any atom is -0.454 e. The summed E-state index contributed by atoms with van der Waals surface area (Å²) in [4.78, 5) is 4.18. The molecule has 0 radical (unpaired) electrons. The Labute approximate surface area is 109 Å². The van der Waals surface area contributed by atoms with Crippen LogP contribution in [-0.2, 0) is 6.54 Å². The fourth-order valence-electron chi connectivity index (χ4n) is 1.48. The Morgan fingerprint density at radius 3 is 2.82 bits per heavy atom. The molecule has 2 N–H and O–H groups in total. The Morgan fingerprint density at radius 1 is 1.29 bits per heavy atom. The predicted molar refractivity (Wildman–Crippen MR) is 71.1 cm³/mol. The van der Waals surface area contributed by atoms with Gasteiger partial charge in [-0.25, -0.2) is 0 Å². The van der Waals surface area contributed by atoms with Crippen molar-refractivity contribution in [2.75, 3.05) is 0 Å². The number of halogens is 1. The molecule has 2 rings (SSSR count). The Morgan fingerprint density at radius 2 is 2.12 bits per heavy atom. The van der Waals surface area contributed by atoms with Crippen molar-refractivity contribution in [2.24, 2.45) is 5.73 Å². The molecule has 0 amide bonds. The molecule has 1 heterocycles. The average molecular weight is 293 g/mol. The van der Waals surface area contributed by atoms with Gasteiger partial charge in [0.15, 0.2) is 0 Å². The largest absolute Gasteiger partial charge is 0.454 e. The first-order valence-corrected chi connectivity index (χ1v) is 6.08. The van der Waals surface area contributed by atoms with Crippen LogP contribution in [0.1, 0.15) is 11.3 Å². The molecule has 1 aromatic heterocycles. The van der Waals surface area contributed by atoms with Gasteiger partial charge in [0, 0.05) is 12.7 Å². The highest BCUT2D eigenvalue weighted by Gasteiger charge is 2.06. The van der Waals surface area contributed by atoms with E-state index in [0.717, 1.165) is 15.9 Å². The number of nitrogens with zero attached hydrogens (tertiary/aromatic N) is 1. The molecule has 0 bridgehead atoms. The van der Waals surface area contributed by atoms with Gasteiger partial charge in [-0.3, -0.25) is 4.98 Å². The van der Waals surface area contributed by atoms with Crippen molar-refractivity contribution in [3.05, 3.63) is 52.3 Å². The third kappa shape index (κ3) is 2.84. The highest BCUT2D eigenvalue weighted by Crippen LogP contribution is 2.31. The zero-order valence-electron chi connectivity index (χ0n) is 9.48. The topological polar surface area (TPSA) is 48.1 Å². The fraction of sp³-hybridized carbons (Fsp3) is 0.154. The average Bonchev–Trinajstić information content (AvgIpc) is 2.33. The van der Waals surface area contributed by atoms with Gasteiger partial charge in [-0.05, 0) is 52.7 Å². The summed E-state index contributed by atoms with van der Waals surface area (Å²) in [6, 6.07) is 9.62. The van der Waals surface area contributed by atoms with E-state index in [-0.39, 0.29) is 0 Å². The number of pyridine rings is 1. The normalized spacial score (nSPS) is 10.3. The molecule has 17 heavy (non-hydrogen) atoms. The Hall–Kier alpha value is -1.39. The van der Waals surface area contributed by atoms with Crippen molar-refractivity contribution in [2.45, 2.75) is 13.5 Å². The molecule has 0 unspecified atom stereocenters. The summed E-state index contributed by atoms with van der Waals surface area (Å²) in [7, 11) is 0. The number of hydrogen-bond acceptors (Lipinski definition) is 3. The molecular formula is C13H13BrN2O. The lowest BCUT2D eigenvalue weighted by Gasteiger charge is -2.10. The molecule has 0 aliphatic heterocycles. The quantitative estimate of drug-likeness (QED) is 0.943. The summed E-state index contributed by atoms with van der Waals surface area (Å²) in [5, 5.41) is 0. The van der Waals surface area contributed by atoms with Crippen molar-refractivity contribution in [1.82, 2.24) is 4.98 Å². The molecule has 0 aliphatic carbocycles. The van der Waals surface area contributed by atoms with Crippen LogP contribution >= 0.6 is 15.9 Å². The maximum Gasteiger partial charge on any atom is 0.150 e. The second-order valence-electron chi connectivity index (χ2n) is 3.69. The molecule has 0 fully saturated rings. The molecule has 0 atom stereocenters. The lowest BCUT2D eigenvalue weighted by atomic mass is 10.2. The van der Waals surface area contributed by atoms with E-state index < -0.39 is 0 Å². The number of nitrogens with two attached hydrogens (primary N) is 1. The van der Waals surface area contributed by atoms with E-state index >= 15 is 0 Å². The summed E-state index contributed by atoms with van der Waals surface area (Å²) < 4.78 is 6.72. The van der Waals surface area contributed by atoms with Crippen LogP contribution in [-0.4, -0.2) is 4.98 Å². The number of aryl methyl sites for hydroxylation is 1. The van der Waals surface area contributed by atoms with Gasteiger partial charge in [0.2, 0.25) is 0 Å². The highest BCUT2D eigenvalue weighted by atomic mass is 79.9. The van der Waals surface area contributed by atoms with Gasteiger partial charge >= 0.3 is 0 Å². The van der Waals surface area contributed by atoms with Crippen molar-refractivity contribution in [3.8, 4) is 11.5 Å². The van der Waals surface area contributed by atoms with E-state index in [1.54, 1.807) is 6.20 Å². The number of benzene rings is 1. The number of rotatable bonds is 3. The van der Waals surface area contributed by atoms with E-state index in [0.29, 0.717) is 12.3 Å². The van der Waals surface area contributed by atoms with Crippen LogP contribution < -0.4 is 10.5 Å². The molecule has 0 saturated carbocycles. The standard InChI is InChI=1S/C13H13BrN2O/c1-9-4-5-12(10(14)7-9)17-13-3-2-6-16-11(13)8-15/h2-7H,8,15H2,1H3. The highest BCUT2D eigenvalue weighted by molar-refractivity contribution is 9.10. The van der Waals surface area contributed by atoms with Crippen LogP contribution in [0.4, 0.5) is 0 Å². The van der Waals surface area contributed by atoms with Crippen LogP contribution in [0.3, 0.4) is 0 Å². The van der Waals surface area contributed by atoms with Crippen LogP contribution in [0.2, 0.25) is 0 Å². The van der Waals surface area contributed by atoms with Gasteiger partial charge < -0.3 is 10.5 Å². The maximum absolute atomic E-state index is 5.80. The SMILES string of the molecule is Cc1ccc(Oc2cccnc2CN)c(Br)c1. The first-order chi connectivity index (χ1) is 8.20. The van der Waals surface area contributed by atoms with Crippen LogP contribution in [0.25, 0.3) is 0 Å². The van der Waals surface area contributed by atoms with Crippen molar-refractivity contribution >= 4 is 15.9 Å². The third-order valence-electron chi connectivity index (χ3n) is 2.35. The van der Waals surface area contributed by atoms with E-state index in [9.17, 15) is 0 Å². The number of ether oxygens (including phenoxy) is 1. The van der Waals surface area contributed by atoms with Crippen LogP contribution in [0.15, 0.2) is 41.0 Å². The summed E-state index contributed by atoms with van der Waals surface area (Å²) in [5.74, 6) is 1.46. The molecule has 1 aromatic carbocycles. The van der Waals surface area contributed by atoms with Gasteiger partial charge in [-0.2, -0.15) is 0 Å². The second kappa shape index (κ2) is 5.29. The smallest absolute Gasteiger partial charge is 0.150 e. The van der Waals surface area contributed by atoms with E-state index in [4.69, 9.17) is 10.5 Å². The molecule has 0 saturated heterocycles. The molecule has 0 aliphatic rings. The Balaban J connectivity index is 2.31. The summed E-state index contributed by atoms with van der Waals surface area (Å²) >= 11 is 3.47. The van der Waals surface area contributed by atoms with Crippen molar-refractivity contribution < 1.29 is 4.74 Å². The zero-order valence-corrected chi connectivity index (χ0v) is 11.1. The van der Waals surface area contributed by atoms with E-state index in [2.05, 4.69) is 20.9 Å². The lowest BCUT2D eigenvalue weighted by Crippen LogP contribution is -2.02. The van der Waals surface area contributed by atoms with Crippen LogP contribution in [0.5, 0.6) is 11.5 Å². The maximum atomic E-state index is 5.80. The molecule has 0 spiro atoms. The van der Waals surface area contributed by atoms with Gasteiger partial charge in [-0.1, -0.05) is 6.07 Å². The summed E-state index contributed by atoms with van der Waals surface area (Å²) in [6.07, 6.45) is 1.71. The predicted octanol–water partition coefficient (Wildman–Crippen LogP) is 3.40. The van der Waals surface area contributed by atoms with Crippen molar-refractivity contribution in [1.29, 1.82) is 0 Å². The minimum absolute atomic E-state index is 0.361. The first-order valence-electron chi connectivity index (χ1n) is 5.28. The van der Waals surface area contributed by atoms with Crippen LogP contribution in [0, 0.1) is 6.92 Å². The second-order valence-corrected chi connectivity index (χ2v) is 4.54. The molecule has 4 heteroatoms. The molecule has 2 aromatic rings. The van der Waals surface area contributed by atoms with Gasteiger partial charge in [0.05, 0.1) is 10.2 Å². The molecule has 88 valence electrons. The van der Waals surface area contributed by atoms with Gasteiger partial charge in [0.1, 0.15) is 11.5 Å². The summed E-state index contributed by atoms with van der Waals surface area (Å²) in [6.45, 7) is 2.39. The molecular weight excluding hydrogens is 280 g/mol.